The van der Waals surface area contributed by atoms with Gasteiger partial charge in [0.05, 0.1) is 18.8 Å². The molecular weight excluding hydrogens is 382 g/mol. The Kier molecular flexibility index (Phi) is 8.15. The summed E-state index contributed by atoms with van der Waals surface area (Å²) in [7, 11) is 0. The van der Waals surface area contributed by atoms with Crippen molar-refractivity contribution < 1.29 is 4.39 Å². The maximum atomic E-state index is 14.2. The highest BCUT2D eigenvalue weighted by atomic mass is 35.5. The Bertz CT molecular complexity index is 880. The van der Waals surface area contributed by atoms with E-state index in [2.05, 4.69) is 16.8 Å². The van der Waals surface area contributed by atoms with Crippen molar-refractivity contribution in [2.45, 2.75) is 0 Å². The molecule has 3 rings (SSSR count). The number of nitrogens with two attached hydrogens (primary N) is 1. The highest BCUT2D eigenvalue weighted by Gasteiger charge is 2.19. The molecule has 0 spiro atoms. The van der Waals surface area contributed by atoms with E-state index in [0.717, 1.165) is 16.7 Å². The Morgan fingerprint density at radius 1 is 1.08 bits per heavy atom. The number of allylic oxidation sites excluding steroid dienone is 1. The number of aliphatic imine (C=N–C) groups is 1. The van der Waals surface area contributed by atoms with E-state index in [1.807, 2.05) is 12.1 Å². The van der Waals surface area contributed by atoms with Crippen LogP contribution < -0.4 is 5.73 Å². The average Bonchev–Trinajstić information content (AvgIpc) is 2.72. The van der Waals surface area contributed by atoms with E-state index in [4.69, 9.17) is 17.3 Å². The normalized spacial score (nSPS) is 12.1. The van der Waals surface area contributed by atoms with Crippen molar-refractivity contribution in [3.05, 3.63) is 76.1 Å². The van der Waals surface area contributed by atoms with Crippen LogP contribution >= 0.6 is 36.4 Å². The SMILES string of the molecule is Cl.Cl.NCC#CC1=CCN=C(c2ccccc2F)c2cc(Cl)ccc21. The molecule has 0 saturated heterocycles. The van der Waals surface area contributed by atoms with Gasteiger partial charge in [-0.25, -0.2) is 4.39 Å². The minimum atomic E-state index is -0.311. The third-order valence-electron chi connectivity index (χ3n) is 3.53. The summed E-state index contributed by atoms with van der Waals surface area (Å²) < 4.78 is 14.2. The molecule has 1 heterocycles. The second-order valence-corrected chi connectivity index (χ2v) is 5.42. The largest absolute Gasteiger partial charge is 0.320 e. The Hall–Kier alpha value is -1.83. The van der Waals surface area contributed by atoms with Crippen LogP contribution in [0.1, 0.15) is 16.7 Å². The van der Waals surface area contributed by atoms with Crippen molar-refractivity contribution in [3.8, 4) is 11.8 Å². The van der Waals surface area contributed by atoms with Gasteiger partial charge in [0.25, 0.3) is 0 Å². The van der Waals surface area contributed by atoms with Gasteiger partial charge in [0.15, 0.2) is 0 Å². The second-order valence-electron chi connectivity index (χ2n) is 4.98. The number of hydrogen-bond acceptors (Lipinski definition) is 2. The lowest BCUT2D eigenvalue weighted by Crippen LogP contribution is -2.08. The fourth-order valence-electron chi connectivity index (χ4n) is 2.52. The van der Waals surface area contributed by atoms with Crippen LogP contribution in [-0.4, -0.2) is 18.8 Å². The van der Waals surface area contributed by atoms with Crippen LogP contribution in [0.4, 0.5) is 4.39 Å². The van der Waals surface area contributed by atoms with Gasteiger partial charge < -0.3 is 5.73 Å². The summed E-state index contributed by atoms with van der Waals surface area (Å²) in [6.07, 6.45) is 1.92. The molecule has 0 bridgehead atoms. The summed E-state index contributed by atoms with van der Waals surface area (Å²) in [5.41, 5.74) is 9.00. The van der Waals surface area contributed by atoms with Crippen LogP contribution in [0.2, 0.25) is 5.02 Å². The molecule has 0 atom stereocenters. The lowest BCUT2D eigenvalue weighted by atomic mass is 9.93. The molecule has 0 unspecified atom stereocenters. The fraction of sp³-hybridized carbons (Fsp3) is 0.105. The third-order valence-corrected chi connectivity index (χ3v) is 3.76. The Morgan fingerprint density at radius 3 is 2.56 bits per heavy atom. The topological polar surface area (TPSA) is 38.4 Å². The highest BCUT2D eigenvalue weighted by molar-refractivity contribution is 6.31. The van der Waals surface area contributed by atoms with Gasteiger partial charge in [-0.2, -0.15) is 0 Å². The maximum absolute atomic E-state index is 14.2. The molecule has 130 valence electrons. The van der Waals surface area contributed by atoms with Gasteiger partial charge in [0.1, 0.15) is 5.82 Å². The zero-order valence-corrected chi connectivity index (χ0v) is 15.5. The molecule has 0 amide bonds. The van der Waals surface area contributed by atoms with Gasteiger partial charge in [-0.1, -0.05) is 41.6 Å². The fourth-order valence-corrected chi connectivity index (χ4v) is 2.69. The van der Waals surface area contributed by atoms with Crippen molar-refractivity contribution >= 4 is 47.7 Å². The summed E-state index contributed by atoms with van der Waals surface area (Å²) in [4.78, 5) is 4.54. The van der Waals surface area contributed by atoms with Crippen molar-refractivity contribution in [3.63, 3.8) is 0 Å². The molecule has 1 aliphatic heterocycles. The van der Waals surface area contributed by atoms with Crippen molar-refractivity contribution in [2.75, 3.05) is 13.1 Å². The van der Waals surface area contributed by atoms with Crippen LogP contribution in [0, 0.1) is 17.7 Å². The summed E-state index contributed by atoms with van der Waals surface area (Å²) >= 11 is 6.15. The number of benzene rings is 2. The van der Waals surface area contributed by atoms with E-state index in [0.29, 0.717) is 22.8 Å². The van der Waals surface area contributed by atoms with E-state index in [-0.39, 0.29) is 37.2 Å². The lowest BCUT2D eigenvalue weighted by Gasteiger charge is -2.12. The Labute approximate surface area is 163 Å². The molecule has 25 heavy (non-hydrogen) atoms. The molecule has 2 nitrogen and oxygen atoms in total. The van der Waals surface area contributed by atoms with Gasteiger partial charge >= 0.3 is 0 Å². The molecule has 1 aliphatic rings. The third kappa shape index (κ3) is 4.62. The molecule has 2 N–H and O–H groups in total. The first-order chi connectivity index (χ1) is 11.2. The number of halogens is 4. The predicted molar refractivity (Wildman–Crippen MR) is 108 cm³/mol. The summed E-state index contributed by atoms with van der Waals surface area (Å²) in [6.45, 7) is 0.700. The molecule has 0 aromatic heterocycles. The van der Waals surface area contributed by atoms with E-state index in [1.54, 1.807) is 30.3 Å². The average molecular weight is 398 g/mol. The van der Waals surface area contributed by atoms with E-state index < -0.39 is 0 Å². The van der Waals surface area contributed by atoms with Crippen LogP contribution in [0.15, 0.2) is 53.5 Å². The van der Waals surface area contributed by atoms with E-state index in [1.165, 1.54) is 6.07 Å². The minimum absolute atomic E-state index is 0. The van der Waals surface area contributed by atoms with Crippen LogP contribution in [0.5, 0.6) is 0 Å². The minimum Gasteiger partial charge on any atom is -0.320 e. The predicted octanol–water partition coefficient (Wildman–Crippen LogP) is 4.52. The van der Waals surface area contributed by atoms with Gasteiger partial charge in [0.2, 0.25) is 0 Å². The second kappa shape index (κ2) is 9.60. The van der Waals surface area contributed by atoms with Crippen molar-refractivity contribution in [1.82, 2.24) is 0 Å². The number of nitrogens with zero attached hydrogens (tertiary/aromatic N) is 1. The van der Waals surface area contributed by atoms with Gasteiger partial charge in [-0.3, -0.25) is 4.99 Å². The lowest BCUT2D eigenvalue weighted by molar-refractivity contribution is 0.625. The van der Waals surface area contributed by atoms with E-state index in [9.17, 15) is 4.39 Å². The quantitative estimate of drug-likeness (QED) is 0.706. The molecule has 0 fully saturated rings. The zero-order chi connectivity index (χ0) is 16.2. The zero-order valence-electron chi connectivity index (χ0n) is 13.1. The van der Waals surface area contributed by atoms with Gasteiger partial charge in [-0.15, -0.1) is 24.8 Å². The number of hydrogen-bond donors (Lipinski definition) is 1. The Morgan fingerprint density at radius 2 is 1.84 bits per heavy atom. The molecule has 0 radical (unpaired) electrons. The molecule has 6 heteroatoms. The van der Waals surface area contributed by atoms with Crippen LogP contribution in [-0.2, 0) is 0 Å². The molecule has 2 aromatic rings. The van der Waals surface area contributed by atoms with Crippen molar-refractivity contribution in [1.29, 1.82) is 0 Å². The van der Waals surface area contributed by atoms with E-state index >= 15 is 0 Å². The maximum Gasteiger partial charge on any atom is 0.132 e. The first-order valence-corrected chi connectivity index (χ1v) is 7.57. The summed E-state index contributed by atoms with van der Waals surface area (Å²) in [5, 5.41) is 0.570. The van der Waals surface area contributed by atoms with Gasteiger partial charge in [-0.05, 0) is 35.9 Å². The van der Waals surface area contributed by atoms with Crippen LogP contribution in [0.25, 0.3) is 5.57 Å². The molecule has 2 aromatic carbocycles. The van der Waals surface area contributed by atoms with Crippen molar-refractivity contribution in [2.24, 2.45) is 10.7 Å². The summed E-state index contributed by atoms with van der Waals surface area (Å²) in [6, 6.07) is 12.1. The molecular formula is C19H16Cl3FN2. The number of fused-ring (bicyclic) bond motifs is 1. The molecule has 0 aliphatic carbocycles. The van der Waals surface area contributed by atoms with Gasteiger partial charge in [0, 0.05) is 21.7 Å². The summed E-state index contributed by atoms with van der Waals surface area (Å²) in [5.74, 6) is 5.61. The van der Waals surface area contributed by atoms with Crippen LogP contribution in [0.3, 0.4) is 0 Å². The molecule has 0 saturated carbocycles. The standard InChI is InChI=1S/C19H14ClFN2.2ClH/c20-14-7-8-15-13(4-3-10-22)9-11-23-19(17(15)12-14)16-5-1-2-6-18(16)21;;/h1-2,5-9,12H,10-11,22H2;2*1H. The first kappa shape index (κ1) is 21.2. The number of rotatable bonds is 1. The highest BCUT2D eigenvalue weighted by Crippen LogP contribution is 2.28. The first-order valence-electron chi connectivity index (χ1n) is 7.19. The smallest absolute Gasteiger partial charge is 0.132 e. The Balaban J connectivity index is 0.00000156. The monoisotopic (exact) mass is 396 g/mol.